The van der Waals surface area contributed by atoms with Crippen LogP contribution in [0.5, 0.6) is 5.75 Å². The molecule has 0 aliphatic heterocycles. The lowest BCUT2D eigenvalue weighted by molar-refractivity contribution is -0.144. The van der Waals surface area contributed by atoms with Crippen LogP contribution >= 0.6 is 23.2 Å². The highest BCUT2D eigenvalue weighted by Crippen LogP contribution is 2.28. The number of hydrogen-bond acceptors (Lipinski definition) is 4. The van der Waals surface area contributed by atoms with E-state index in [-0.39, 0.29) is 11.9 Å². The van der Waals surface area contributed by atoms with Gasteiger partial charge in [-0.2, -0.15) is 0 Å². The Bertz CT molecular complexity index is 708. The molecule has 0 heterocycles. The summed E-state index contributed by atoms with van der Waals surface area (Å²) in [6.07, 6.45) is 22.3. The summed E-state index contributed by atoms with van der Waals surface area (Å²) in [5, 5.41) is 0.857. The predicted octanol–water partition coefficient (Wildman–Crippen LogP) is 10.3. The van der Waals surface area contributed by atoms with Gasteiger partial charge in [-0.1, -0.05) is 126 Å². The molecule has 1 aromatic carbocycles. The van der Waals surface area contributed by atoms with Gasteiger partial charge in [-0.25, -0.2) is 0 Å². The van der Waals surface area contributed by atoms with Crippen molar-refractivity contribution in [3.8, 4) is 5.75 Å². The van der Waals surface area contributed by atoms with Gasteiger partial charge in [-0.15, -0.1) is 0 Å². The summed E-state index contributed by atoms with van der Waals surface area (Å²) >= 11 is 11.9. The molecule has 6 heteroatoms. The number of unbranched alkanes of at least 4 members (excludes halogenated alkanes) is 16. The maximum absolute atomic E-state index is 11.9. The molecule has 1 rings (SSSR count). The zero-order chi connectivity index (χ0) is 26.3. The molecule has 4 nitrogen and oxygen atoms in total. The quantitative estimate of drug-likeness (QED) is 0.0783. The third-order valence-corrected chi connectivity index (χ3v) is 6.94. The molecular formula is C30H48Cl2O4. The van der Waals surface area contributed by atoms with Crippen molar-refractivity contribution in [1.82, 2.24) is 0 Å². The second kappa shape index (κ2) is 22.9. The molecule has 36 heavy (non-hydrogen) atoms. The van der Waals surface area contributed by atoms with Crippen LogP contribution < -0.4 is 4.74 Å². The van der Waals surface area contributed by atoms with E-state index in [1.165, 1.54) is 64.2 Å². The van der Waals surface area contributed by atoms with Crippen molar-refractivity contribution < 1.29 is 19.1 Å². The fraction of sp³-hybridized carbons (Fsp3) is 0.733. The zero-order valence-corrected chi connectivity index (χ0v) is 24.0. The molecule has 0 spiro atoms. The van der Waals surface area contributed by atoms with Crippen molar-refractivity contribution in [3.63, 3.8) is 0 Å². The topological polar surface area (TPSA) is 52.6 Å². The standard InChI is InChI=1S/C30H48Cl2O4/c1-2-3-4-5-6-7-8-9-10-13-16-19-24-35-29(33)20-17-14-11-12-15-18-21-30(34)36-28-25-26(31)22-23-27(28)32/h22-23,25H,2-21,24H2,1H3. The van der Waals surface area contributed by atoms with Gasteiger partial charge in [-0.05, 0) is 31.4 Å². The molecule has 0 N–H and O–H groups in total. The second-order valence-corrected chi connectivity index (χ2v) is 10.6. The SMILES string of the molecule is CCCCCCCCCCCCCCOC(=O)CCCCCCCCC(=O)Oc1cc(Cl)ccc1Cl. The molecule has 0 radical (unpaired) electrons. The van der Waals surface area contributed by atoms with Crippen LogP contribution in [0, 0.1) is 0 Å². The van der Waals surface area contributed by atoms with Crippen molar-refractivity contribution in [2.75, 3.05) is 6.61 Å². The Balaban J connectivity index is 1.83. The van der Waals surface area contributed by atoms with Crippen LogP contribution in [-0.4, -0.2) is 18.5 Å². The third kappa shape index (κ3) is 18.9. The molecule has 0 aromatic heterocycles. The van der Waals surface area contributed by atoms with Crippen LogP contribution in [0.1, 0.15) is 135 Å². The van der Waals surface area contributed by atoms with E-state index in [9.17, 15) is 9.59 Å². The van der Waals surface area contributed by atoms with E-state index in [1.54, 1.807) is 18.2 Å². The van der Waals surface area contributed by atoms with Crippen LogP contribution in [0.4, 0.5) is 0 Å². The number of esters is 2. The Hall–Kier alpha value is -1.26. The molecule has 0 amide bonds. The van der Waals surface area contributed by atoms with Crippen molar-refractivity contribution >= 4 is 35.1 Å². The average Bonchev–Trinajstić information content (AvgIpc) is 2.86. The van der Waals surface area contributed by atoms with Gasteiger partial charge >= 0.3 is 11.9 Å². The first-order chi connectivity index (χ1) is 17.5. The fourth-order valence-electron chi connectivity index (χ4n) is 4.18. The van der Waals surface area contributed by atoms with Gasteiger partial charge in [0, 0.05) is 23.9 Å². The van der Waals surface area contributed by atoms with Gasteiger partial charge in [-0.3, -0.25) is 9.59 Å². The van der Waals surface area contributed by atoms with Crippen molar-refractivity contribution in [1.29, 1.82) is 0 Å². The second-order valence-electron chi connectivity index (χ2n) is 9.78. The Morgan fingerprint density at radius 1 is 0.639 bits per heavy atom. The van der Waals surface area contributed by atoms with Crippen LogP contribution in [0.25, 0.3) is 0 Å². The van der Waals surface area contributed by atoms with E-state index in [0.29, 0.717) is 35.2 Å². The van der Waals surface area contributed by atoms with Crippen LogP contribution in [0.2, 0.25) is 10.0 Å². The average molecular weight is 544 g/mol. The van der Waals surface area contributed by atoms with Gasteiger partial charge in [0.05, 0.1) is 11.6 Å². The summed E-state index contributed by atoms with van der Waals surface area (Å²) in [6, 6.07) is 4.81. The largest absolute Gasteiger partial charge is 0.466 e. The van der Waals surface area contributed by atoms with Crippen LogP contribution in [0.3, 0.4) is 0 Å². The minimum atomic E-state index is -0.296. The highest BCUT2D eigenvalue weighted by Gasteiger charge is 2.09. The molecule has 1 aromatic rings. The molecule has 0 aliphatic carbocycles. The number of benzene rings is 1. The first-order valence-electron chi connectivity index (χ1n) is 14.3. The van der Waals surface area contributed by atoms with E-state index in [1.807, 2.05) is 0 Å². The lowest BCUT2D eigenvalue weighted by atomic mass is 10.1. The summed E-state index contributed by atoms with van der Waals surface area (Å²) in [7, 11) is 0. The van der Waals surface area contributed by atoms with E-state index in [2.05, 4.69) is 6.92 Å². The summed E-state index contributed by atoms with van der Waals surface area (Å²) in [5.74, 6) is -0.0598. The Morgan fingerprint density at radius 2 is 1.11 bits per heavy atom. The minimum Gasteiger partial charge on any atom is -0.466 e. The Kier molecular flexibility index (Phi) is 20.8. The van der Waals surface area contributed by atoms with Gasteiger partial charge in [0.2, 0.25) is 0 Å². The molecule has 0 fully saturated rings. The normalized spacial score (nSPS) is 11.0. The third-order valence-electron chi connectivity index (χ3n) is 6.39. The smallest absolute Gasteiger partial charge is 0.311 e. The Labute approximate surface area is 229 Å². The number of carbonyl (C=O) groups excluding carboxylic acids is 2. The molecule has 0 saturated heterocycles. The van der Waals surface area contributed by atoms with E-state index in [4.69, 9.17) is 32.7 Å². The van der Waals surface area contributed by atoms with Gasteiger partial charge in [0.1, 0.15) is 0 Å². The lowest BCUT2D eigenvalue weighted by Crippen LogP contribution is -2.07. The molecule has 0 aliphatic rings. The fourth-order valence-corrected chi connectivity index (χ4v) is 4.49. The number of ether oxygens (including phenoxy) is 2. The lowest BCUT2D eigenvalue weighted by Gasteiger charge is -2.07. The maximum Gasteiger partial charge on any atom is 0.311 e. The number of halogens is 2. The zero-order valence-electron chi connectivity index (χ0n) is 22.5. The van der Waals surface area contributed by atoms with E-state index >= 15 is 0 Å². The van der Waals surface area contributed by atoms with Gasteiger partial charge in [0.25, 0.3) is 0 Å². The Morgan fingerprint density at radius 3 is 1.67 bits per heavy atom. The molecular weight excluding hydrogens is 495 g/mol. The summed E-state index contributed by atoms with van der Waals surface area (Å²) in [6.45, 7) is 2.82. The predicted molar refractivity (Wildman–Crippen MR) is 151 cm³/mol. The monoisotopic (exact) mass is 542 g/mol. The van der Waals surface area contributed by atoms with Crippen LogP contribution in [-0.2, 0) is 14.3 Å². The van der Waals surface area contributed by atoms with Crippen molar-refractivity contribution in [2.45, 2.75) is 135 Å². The van der Waals surface area contributed by atoms with Gasteiger partial charge < -0.3 is 9.47 Å². The van der Waals surface area contributed by atoms with E-state index in [0.717, 1.165) is 51.4 Å². The first kappa shape index (κ1) is 32.8. The summed E-state index contributed by atoms with van der Waals surface area (Å²) < 4.78 is 10.6. The summed E-state index contributed by atoms with van der Waals surface area (Å²) in [5.41, 5.74) is 0. The highest BCUT2D eigenvalue weighted by atomic mass is 35.5. The molecule has 0 unspecified atom stereocenters. The minimum absolute atomic E-state index is 0.0690. The van der Waals surface area contributed by atoms with Crippen molar-refractivity contribution in [3.05, 3.63) is 28.2 Å². The van der Waals surface area contributed by atoms with E-state index < -0.39 is 0 Å². The molecule has 0 bridgehead atoms. The number of carbonyl (C=O) groups is 2. The summed E-state index contributed by atoms with van der Waals surface area (Å²) in [4.78, 5) is 23.8. The molecule has 0 saturated carbocycles. The molecule has 206 valence electrons. The maximum atomic E-state index is 11.9. The van der Waals surface area contributed by atoms with Gasteiger partial charge in [0.15, 0.2) is 5.75 Å². The number of rotatable bonds is 23. The first-order valence-corrected chi connectivity index (χ1v) is 15.1. The molecule has 0 atom stereocenters. The van der Waals surface area contributed by atoms with Crippen molar-refractivity contribution in [2.24, 2.45) is 0 Å². The van der Waals surface area contributed by atoms with Crippen LogP contribution in [0.15, 0.2) is 18.2 Å². The highest BCUT2D eigenvalue weighted by molar-refractivity contribution is 6.34. The number of hydrogen-bond donors (Lipinski definition) is 0.